The molecule has 3 aromatic heterocycles. The van der Waals surface area contributed by atoms with Crippen molar-refractivity contribution in [3.63, 3.8) is 0 Å². The molecule has 0 saturated carbocycles. The molecule has 5 rings (SSSR count). The highest BCUT2D eigenvalue weighted by molar-refractivity contribution is 5.89. The largest absolute Gasteiger partial charge is 0.478 e. The first-order chi connectivity index (χ1) is 19.6. The molecule has 1 fully saturated rings. The zero-order chi connectivity index (χ0) is 29.5. The minimum atomic E-state index is -1.26. The summed E-state index contributed by atoms with van der Waals surface area (Å²) in [4.78, 5) is 34.5. The number of carboxylic acid groups (broad SMARTS) is 2. The molecule has 0 amide bonds. The van der Waals surface area contributed by atoms with Crippen molar-refractivity contribution in [1.82, 2.24) is 30.0 Å². The molecule has 0 spiro atoms. The summed E-state index contributed by atoms with van der Waals surface area (Å²) >= 11 is 0. The van der Waals surface area contributed by atoms with E-state index in [-0.39, 0.29) is 19.0 Å². The number of rotatable bonds is 7. The second-order valence-electron chi connectivity index (χ2n) is 9.56. The van der Waals surface area contributed by atoms with Crippen molar-refractivity contribution in [2.45, 2.75) is 27.2 Å². The van der Waals surface area contributed by atoms with E-state index in [4.69, 9.17) is 10.2 Å². The maximum Gasteiger partial charge on any atom is 0.328 e. The summed E-state index contributed by atoms with van der Waals surface area (Å²) in [5.41, 5.74) is 3.99. The van der Waals surface area contributed by atoms with Gasteiger partial charge in [-0.1, -0.05) is 27.3 Å². The van der Waals surface area contributed by atoms with Crippen molar-refractivity contribution < 1.29 is 24.2 Å². The van der Waals surface area contributed by atoms with Crippen molar-refractivity contribution in [2.24, 2.45) is 7.05 Å². The SMILES string of the molecule is C.CC(C)c1c2cc(-c3nc(Nc4ccc(N5CCNCC5)cn4)ncc3F)ccc2nn1C.O=C(O)/C=C\C(=O)O. The lowest BCUT2D eigenvalue weighted by molar-refractivity contribution is -0.134. The van der Waals surface area contributed by atoms with Gasteiger partial charge in [-0.3, -0.25) is 4.68 Å². The summed E-state index contributed by atoms with van der Waals surface area (Å²) < 4.78 is 16.6. The molecule has 1 aliphatic heterocycles. The number of halogens is 1. The molecule has 4 aromatic rings. The van der Waals surface area contributed by atoms with Gasteiger partial charge >= 0.3 is 11.9 Å². The van der Waals surface area contributed by atoms with Gasteiger partial charge in [-0.15, -0.1) is 0 Å². The number of piperazine rings is 1. The highest BCUT2D eigenvalue weighted by atomic mass is 19.1. The van der Waals surface area contributed by atoms with E-state index in [1.54, 1.807) is 0 Å². The molecule has 0 radical (unpaired) electrons. The van der Waals surface area contributed by atoms with Crippen LogP contribution in [0.25, 0.3) is 22.2 Å². The molecule has 1 aromatic carbocycles. The van der Waals surface area contributed by atoms with Gasteiger partial charge in [-0.05, 0) is 30.2 Å². The fourth-order valence-electron chi connectivity index (χ4n) is 4.51. The molecule has 1 aliphatic rings. The van der Waals surface area contributed by atoms with Crippen LogP contribution in [-0.2, 0) is 16.6 Å². The number of hydrogen-bond donors (Lipinski definition) is 4. The molecule has 4 heterocycles. The normalized spacial score (nSPS) is 13.0. The topological polar surface area (TPSA) is 158 Å². The maximum atomic E-state index is 14.7. The van der Waals surface area contributed by atoms with Gasteiger partial charge in [0.05, 0.1) is 23.6 Å². The molecule has 4 N–H and O–H groups in total. The van der Waals surface area contributed by atoms with Crippen molar-refractivity contribution >= 4 is 40.3 Å². The van der Waals surface area contributed by atoms with Crippen LogP contribution in [0, 0.1) is 5.82 Å². The number of carbonyl (C=O) groups is 2. The number of aliphatic carboxylic acids is 2. The highest BCUT2D eigenvalue weighted by Gasteiger charge is 2.16. The number of pyridine rings is 1. The smallest absolute Gasteiger partial charge is 0.328 e. The Hall–Kier alpha value is -4.91. The molecular formula is C29H35FN8O4. The summed E-state index contributed by atoms with van der Waals surface area (Å²) in [6, 6.07) is 9.61. The maximum absolute atomic E-state index is 14.7. The van der Waals surface area contributed by atoms with E-state index in [1.807, 2.05) is 48.3 Å². The number of aromatic nitrogens is 5. The lowest BCUT2D eigenvalue weighted by atomic mass is 10.0. The summed E-state index contributed by atoms with van der Waals surface area (Å²) in [6.07, 6.45) is 4.14. The van der Waals surface area contributed by atoms with Crippen LogP contribution in [0.1, 0.15) is 32.9 Å². The predicted octanol–water partition coefficient (Wildman–Crippen LogP) is 4.19. The molecule has 0 aliphatic carbocycles. The lowest BCUT2D eigenvalue weighted by Gasteiger charge is -2.29. The van der Waals surface area contributed by atoms with E-state index < -0.39 is 17.8 Å². The minimum absolute atomic E-state index is 0. The molecule has 0 bridgehead atoms. The average molecular weight is 579 g/mol. The van der Waals surface area contributed by atoms with Crippen LogP contribution in [0.3, 0.4) is 0 Å². The van der Waals surface area contributed by atoms with Crippen LogP contribution >= 0.6 is 0 Å². The Kier molecular flexibility index (Phi) is 10.6. The molecule has 0 unspecified atom stereocenters. The summed E-state index contributed by atoms with van der Waals surface area (Å²) in [6.45, 7) is 8.09. The standard InChI is InChI=1S/C24H27FN8.C4H4O4.CH4/c1-15(2)23-18-12-16(4-6-20(18)31-32(23)3)22-19(25)14-28-24(30-22)29-21-7-5-17(13-27-21)33-10-8-26-9-11-33;5-3(6)1-2-4(7)8;/h4-7,12-15,26H,8-11H2,1-3H3,(H,27,28,29,30);1-2H,(H,5,6)(H,7,8);1H4/b;2-1-;. The van der Waals surface area contributed by atoms with E-state index in [9.17, 15) is 14.0 Å². The Morgan fingerprint density at radius 1 is 1.05 bits per heavy atom. The molecule has 12 nitrogen and oxygen atoms in total. The third-order valence-electron chi connectivity index (χ3n) is 6.28. The van der Waals surface area contributed by atoms with E-state index in [0.29, 0.717) is 29.5 Å². The first-order valence-electron chi connectivity index (χ1n) is 12.9. The fourth-order valence-corrected chi connectivity index (χ4v) is 4.51. The van der Waals surface area contributed by atoms with Crippen LogP contribution < -0.4 is 15.5 Å². The molecular weight excluding hydrogens is 543 g/mol. The first kappa shape index (κ1) is 31.6. The van der Waals surface area contributed by atoms with Crippen LogP contribution in [0.15, 0.2) is 54.9 Å². The Morgan fingerprint density at radius 2 is 1.74 bits per heavy atom. The van der Waals surface area contributed by atoms with Crippen LogP contribution in [0.5, 0.6) is 0 Å². The van der Waals surface area contributed by atoms with Crippen LogP contribution in [0.4, 0.5) is 21.8 Å². The minimum Gasteiger partial charge on any atom is -0.478 e. The number of benzene rings is 1. The van der Waals surface area contributed by atoms with E-state index in [1.165, 1.54) is 6.20 Å². The number of carboxylic acids is 2. The molecule has 42 heavy (non-hydrogen) atoms. The third-order valence-corrected chi connectivity index (χ3v) is 6.28. The van der Waals surface area contributed by atoms with Crippen molar-refractivity contribution in [1.29, 1.82) is 0 Å². The number of fused-ring (bicyclic) bond motifs is 1. The van der Waals surface area contributed by atoms with E-state index in [2.05, 4.69) is 49.4 Å². The van der Waals surface area contributed by atoms with Crippen LogP contribution in [-0.4, -0.2) is 73.1 Å². The fraction of sp³-hybridized carbons (Fsp3) is 0.310. The Morgan fingerprint density at radius 3 is 2.33 bits per heavy atom. The second kappa shape index (κ2) is 14.1. The Balaban J connectivity index is 0.000000475. The first-order valence-corrected chi connectivity index (χ1v) is 12.9. The highest BCUT2D eigenvalue weighted by Crippen LogP contribution is 2.30. The molecule has 222 valence electrons. The van der Waals surface area contributed by atoms with Crippen molar-refractivity contribution in [3.05, 3.63) is 66.4 Å². The van der Waals surface area contributed by atoms with Crippen molar-refractivity contribution in [2.75, 3.05) is 36.4 Å². The second-order valence-corrected chi connectivity index (χ2v) is 9.56. The molecule has 13 heteroatoms. The number of anilines is 3. The van der Waals surface area contributed by atoms with Gasteiger partial charge in [-0.25, -0.2) is 28.9 Å². The summed E-state index contributed by atoms with van der Waals surface area (Å²) in [5, 5.41) is 27.6. The monoisotopic (exact) mass is 578 g/mol. The number of aryl methyl sites for hydroxylation is 1. The van der Waals surface area contributed by atoms with Crippen LogP contribution in [0.2, 0.25) is 0 Å². The number of nitrogens with zero attached hydrogens (tertiary/aromatic N) is 6. The summed E-state index contributed by atoms with van der Waals surface area (Å²) in [5.74, 6) is -1.80. The summed E-state index contributed by atoms with van der Waals surface area (Å²) in [7, 11) is 1.93. The average Bonchev–Trinajstić information content (AvgIpc) is 3.29. The van der Waals surface area contributed by atoms with Gasteiger partial charge < -0.3 is 25.7 Å². The van der Waals surface area contributed by atoms with Crippen molar-refractivity contribution in [3.8, 4) is 11.3 Å². The van der Waals surface area contributed by atoms with Gasteiger partial charge in [0.15, 0.2) is 5.82 Å². The number of nitrogens with one attached hydrogen (secondary N) is 2. The molecule has 0 atom stereocenters. The molecule has 1 saturated heterocycles. The van der Waals surface area contributed by atoms with Gasteiger partial charge in [0.2, 0.25) is 5.95 Å². The van der Waals surface area contributed by atoms with E-state index >= 15 is 0 Å². The zero-order valence-electron chi connectivity index (χ0n) is 22.9. The Bertz CT molecular complexity index is 1550. The number of hydrogen-bond acceptors (Lipinski definition) is 9. The quantitative estimate of drug-likeness (QED) is 0.233. The van der Waals surface area contributed by atoms with Gasteiger partial charge in [0.1, 0.15) is 11.5 Å². The van der Waals surface area contributed by atoms with Gasteiger partial charge in [-0.2, -0.15) is 5.10 Å². The Labute approximate surface area is 242 Å². The van der Waals surface area contributed by atoms with Gasteiger partial charge in [0, 0.05) is 62.0 Å². The third kappa shape index (κ3) is 7.85. The van der Waals surface area contributed by atoms with Gasteiger partial charge in [0.25, 0.3) is 0 Å². The lowest BCUT2D eigenvalue weighted by Crippen LogP contribution is -2.43. The predicted molar refractivity (Wildman–Crippen MR) is 160 cm³/mol. The van der Waals surface area contributed by atoms with E-state index in [0.717, 1.165) is 48.5 Å². The zero-order valence-corrected chi connectivity index (χ0v) is 22.9.